The second-order valence-electron chi connectivity index (χ2n) is 7.82. The molecule has 0 amide bonds. The van der Waals surface area contributed by atoms with E-state index in [1.165, 1.54) is 0 Å². The quantitative estimate of drug-likeness (QED) is 0.448. The summed E-state index contributed by atoms with van der Waals surface area (Å²) < 4.78 is 33.5. The van der Waals surface area contributed by atoms with Gasteiger partial charge in [0.15, 0.2) is 9.84 Å². The van der Waals surface area contributed by atoms with E-state index in [0.717, 1.165) is 24.5 Å². The standard InChI is InChI=1S/C26H32N2O3S/c1-6-28(7-2)22-17-18-24(25(19-22)31-5)26(20-13-15-21(16-14-20)27(3)4)32(29,30)23-11-9-8-10-12-23/h8-19,26H,6-7H2,1-5H3. The Labute approximate surface area is 192 Å². The highest BCUT2D eigenvalue weighted by Gasteiger charge is 2.33. The monoisotopic (exact) mass is 452 g/mol. The van der Waals surface area contributed by atoms with E-state index in [-0.39, 0.29) is 4.90 Å². The molecule has 0 aliphatic carbocycles. The van der Waals surface area contributed by atoms with Crippen molar-refractivity contribution in [2.75, 3.05) is 44.1 Å². The zero-order valence-electron chi connectivity index (χ0n) is 19.4. The molecule has 3 aromatic carbocycles. The van der Waals surface area contributed by atoms with Gasteiger partial charge in [0, 0.05) is 50.2 Å². The van der Waals surface area contributed by atoms with Crippen LogP contribution in [0.25, 0.3) is 0 Å². The highest BCUT2D eigenvalue weighted by molar-refractivity contribution is 7.92. The maximum atomic E-state index is 13.9. The van der Waals surface area contributed by atoms with Gasteiger partial charge < -0.3 is 14.5 Å². The van der Waals surface area contributed by atoms with Crippen LogP contribution in [0.15, 0.2) is 77.7 Å². The number of hydrogen-bond donors (Lipinski definition) is 0. The summed E-state index contributed by atoms with van der Waals surface area (Å²) in [7, 11) is 1.79. The first-order chi connectivity index (χ1) is 15.3. The molecule has 170 valence electrons. The maximum Gasteiger partial charge on any atom is 0.189 e. The molecule has 0 heterocycles. The van der Waals surface area contributed by atoms with Gasteiger partial charge in [0.2, 0.25) is 0 Å². The zero-order valence-corrected chi connectivity index (χ0v) is 20.3. The minimum Gasteiger partial charge on any atom is -0.496 e. The molecular formula is C26H32N2O3S. The predicted octanol–water partition coefficient (Wildman–Crippen LogP) is 5.17. The predicted molar refractivity (Wildman–Crippen MR) is 133 cm³/mol. The Kier molecular flexibility index (Phi) is 7.46. The molecule has 6 heteroatoms. The molecule has 0 bridgehead atoms. The lowest BCUT2D eigenvalue weighted by molar-refractivity contribution is 0.409. The van der Waals surface area contributed by atoms with E-state index in [4.69, 9.17) is 4.74 Å². The van der Waals surface area contributed by atoms with Crippen LogP contribution in [0.5, 0.6) is 5.75 Å². The van der Waals surface area contributed by atoms with E-state index in [1.54, 1.807) is 31.4 Å². The van der Waals surface area contributed by atoms with Gasteiger partial charge >= 0.3 is 0 Å². The van der Waals surface area contributed by atoms with E-state index in [2.05, 4.69) is 18.7 Å². The summed E-state index contributed by atoms with van der Waals surface area (Å²) in [6, 6.07) is 22.1. The molecule has 0 aliphatic rings. The number of nitrogens with zero attached hydrogens (tertiary/aromatic N) is 2. The second kappa shape index (κ2) is 10.1. The molecule has 0 N–H and O–H groups in total. The molecule has 3 aromatic rings. The van der Waals surface area contributed by atoms with Gasteiger partial charge in [-0.2, -0.15) is 0 Å². The number of anilines is 2. The first kappa shape index (κ1) is 23.7. The summed E-state index contributed by atoms with van der Waals surface area (Å²) in [5.74, 6) is 0.565. The number of methoxy groups -OCH3 is 1. The minimum absolute atomic E-state index is 0.288. The van der Waals surface area contributed by atoms with Gasteiger partial charge in [0.05, 0.1) is 12.0 Å². The molecule has 0 saturated carbocycles. The van der Waals surface area contributed by atoms with Crippen LogP contribution in [0.4, 0.5) is 11.4 Å². The van der Waals surface area contributed by atoms with E-state index in [1.807, 2.05) is 67.5 Å². The summed E-state index contributed by atoms with van der Waals surface area (Å²) in [6.45, 7) is 5.91. The van der Waals surface area contributed by atoms with E-state index in [9.17, 15) is 8.42 Å². The first-order valence-corrected chi connectivity index (χ1v) is 12.4. The molecule has 32 heavy (non-hydrogen) atoms. The molecule has 0 radical (unpaired) electrons. The van der Waals surface area contributed by atoms with Crippen molar-refractivity contribution in [3.8, 4) is 5.75 Å². The summed E-state index contributed by atoms with van der Waals surface area (Å²) in [4.78, 5) is 4.49. The zero-order chi connectivity index (χ0) is 23.3. The smallest absolute Gasteiger partial charge is 0.189 e. The number of rotatable bonds is 9. The van der Waals surface area contributed by atoms with Crippen molar-refractivity contribution in [3.05, 3.63) is 83.9 Å². The van der Waals surface area contributed by atoms with Crippen LogP contribution in [0.2, 0.25) is 0 Å². The lowest BCUT2D eigenvalue weighted by Gasteiger charge is -2.25. The molecule has 5 nitrogen and oxygen atoms in total. The Morgan fingerprint density at radius 3 is 1.97 bits per heavy atom. The molecule has 1 atom stereocenters. The van der Waals surface area contributed by atoms with E-state index < -0.39 is 15.1 Å². The van der Waals surface area contributed by atoms with E-state index >= 15 is 0 Å². The van der Waals surface area contributed by atoms with Crippen molar-refractivity contribution in [1.82, 2.24) is 0 Å². The van der Waals surface area contributed by atoms with Crippen molar-refractivity contribution in [2.45, 2.75) is 24.0 Å². The fourth-order valence-corrected chi connectivity index (χ4v) is 5.77. The largest absolute Gasteiger partial charge is 0.496 e. The molecule has 0 aliphatic heterocycles. The van der Waals surface area contributed by atoms with Gasteiger partial charge in [-0.05, 0) is 49.7 Å². The number of ether oxygens (including phenoxy) is 1. The third-order valence-electron chi connectivity index (χ3n) is 5.72. The van der Waals surface area contributed by atoms with Crippen LogP contribution >= 0.6 is 0 Å². The van der Waals surface area contributed by atoms with Crippen molar-refractivity contribution < 1.29 is 13.2 Å². The van der Waals surface area contributed by atoms with Crippen LogP contribution in [0.3, 0.4) is 0 Å². The summed E-state index contributed by atoms with van der Waals surface area (Å²) in [6.07, 6.45) is 0. The van der Waals surface area contributed by atoms with Crippen LogP contribution in [-0.4, -0.2) is 42.7 Å². The molecular weight excluding hydrogens is 420 g/mol. The second-order valence-corrected chi connectivity index (χ2v) is 9.86. The Balaban J connectivity index is 2.21. The van der Waals surface area contributed by atoms with Gasteiger partial charge in [-0.3, -0.25) is 0 Å². The Bertz CT molecular complexity index is 1120. The Morgan fingerprint density at radius 2 is 1.44 bits per heavy atom. The van der Waals surface area contributed by atoms with Gasteiger partial charge in [0.25, 0.3) is 0 Å². The van der Waals surface area contributed by atoms with Crippen LogP contribution < -0.4 is 14.5 Å². The topological polar surface area (TPSA) is 49.9 Å². The molecule has 0 spiro atoms. The van der Waals surface area contributed by atoms with Crippen LogP contribution in [0.1, 0.15) is 30.2 Å². The maximum absolute atomic E-state index is 13.9. The summed E-state index contributed by atoms with van der Waals surface area (Å²) in [5.41, 5.74) is 3.35. The average Bonchev–Trinajstić information content (AvgIpc) is 2.81. The molecule has 0 aromatic heterocycles. The van der Waals surface area contributed by atoms with Crippen molar-refractivity contribution >= 4 is 21.2 Å². The first-order valence-electron chi connectivity index (χ1n) is 10.8. The minimum atomic E-state index is -3.72. The third-order valence-corrected chi connectivity index (χ3v) is 7.80. The van der Waals surface area contributed by atoms with Crippen molar-refractivity contribution in [3.63, 3.8) is 0 Å². The van der Waals surface area contributed by atoms with Gasteiger partial charge in [-0.1, -0.05) is 36.4 Å². The Morgan fingerprint density at radius 1 is 0.844 bits per heavy atom. The van der Waals surface area contributed by atoms with E-state index in [0.29, 0.717) is 16.9 Å². The fourth-order valence-electron chi connectivity index (χ4n) is 3.92. The molecule has 3 rings (SSSR count). The van der Waals surface area contributed by atoms with Crippen molar-refractivity contribution in [1.29, 1.82) is 0 Å². The van der Waals surface area contributed by atoms with Gasteiger partial charge in [-0.15, -0.1) is 0 Å². The molecule has 0 fully saturated rings. The lowest BCUT2D eigenvalue weighted by Crippen LogP contribution is -2.22. The number of sulfone groups is 1. The summed E-state index contributed by atoms with van der Waals surface area (Å²) in [5, 5.41) is -0.887. The van der Waals surface area contributed by atoms with Gasteiger partial charge in [-0.25, -0.2) is 8.42 Å². The highest BCUT2D eigenvalue weighted by atomic mass is 32.2. The molecule has 1 unspecified atom stereocenters. The fraction of sp³-hybridized carbons (Fsp3) is 0.308. The third kappa shape index (κ3) is 4.75. The number of hydrogen-bond acceptors (Lipinski definition) is 5. The normalized spacial score (nSPS) is 12.3. The lowest BCUT2D eigenvalue weighted by atomic mass is 10.0. The summed E-state index contributed by atoms with van der Waals surface area (Å²) >= 11 is 0. The highest BCUT2D eigenvalue weighted by Crippen LogP contribution is 2.41. The SMILES string of the molecule is CCN(CC)c1ccc(C(c2ccc(N(C)C)cc2)S(=O)(=O)c2ccccc2)c(OC)c1. The van der Waals surface area contributed by atoms with Crippen LogP contribution in [0, 0.1) is 0 Å². The van der Waals surface area contributed by atoms with Gasteiger partial charge in [0.1, 0.15) is 11.0 Å². The number of benzene rings is 3. The Hall–Kier alpha value is -2.99. The van der Waals surface area contributed by atoms with Crippen molar-refractivity contribution in [2.24, 2.45) is 0 Å². The molecule has 0 saturated heterocycles. The average molecular weight is 453 g/mol. The van der Waals surface area contributed by atoms with Crippen LogP contribution in [-0.2, 0) is 9.84 Å².